The number of ketones is 1. The second-order valence-electron chi connectivity index (χ2n) is 3.57. The minimum atomic E-state index is -0.417. The number of rotatable bonds is 4. The Hall–Kier alpha value is -1.98. The highest BCUT2D eigenvalue weighted by Gasteiger charge is 2.15. The van der Waals surface area contributed by atoms with Crippen molar-refractivity contribution >= 4 is 17.5 Å². The number of nitrogens with one attached hydrogen (secondary N) is 1. The Labute approximate surface area is 93.3 Å². The van der Waals surface area contributed by atoms with E-state index in [1.54, 1.807) is 6.92 Å². The topological polar surface area (TPSA) is 98.0 Å². The maximum atomic E-state index is 11.7. The molecule has 86 valence electrons. The molecular formula is C10H14N4O2. The number of Topliss-reactive ketones (excluding diaryl/α,β-unsaturated/α-hetero) is 1. The molecule has 1 aromatic rings. The fourth-order valence-electron chi connectivity index (χ4n) is 1.30. The van der Waals surface area contributed by atoms with Gasteiger partial charge in [-0.2, -0.15) is 0 Å². The van der Waals surface area contributed by atoms with E-state index in [4.69, 9.17) is 5.73 Å². The third-order valence-corrected chi connectivity index (χ3v) is 1.91. The SMILES string of the molecule is CC(=O)CC(C)NC(=O)c1nccnc1N. The summed E-state index contributed by atoms with van der Waals surface area (Å²) in [5.41, 5.74) is 5.58. The molecule has 1 unspecified atom stereocenters. The fourth-order valence-corrected chi connectivity index (χ4v) is 1.30. The first-order valence-corrected chi connectivity index (χ1v) is 4.87. The van der Waals surface area contributed by atoms with Gasteiger partial charge < -0.3 is 11.1 Å². The van der Waals surface area contributed by atoms with Crippen LogP contribution in [0.25, 0.3) is 0 Å². The first-order valence-electron chi connectivity index (χ1n) is 4.87. The van der Waals surface area contributed by atoms with Crippen molar-refractivity contribution < 1.29 is 9.59 Å². The van der Waals surface area contributed by atoms with E-state index in [1.165, 1.54) is 19.3 Å². The number of nitrogens with zero attached hydrogens (tertiary/aromatic N) is 2. The van der Waals surface area contributed by atoms with Crippen LogP contribution >= 0.6 is 0 Å². The molecule has 0 bridgehead atoms. The number of carbonyl (C=O) groups excluding carboxylic acids is 2. The lowest BCUT2D eigenvalue weighted by atomic mass is 10.2. The molecule has 0 radical (unpaired) electrons. The van der Waals surface area contributed by atoms with Gasteiger partial charge in [0.2, 0.25) is 0 Å². The average molecular weight is 222 g/mol. The Morgan fingerprint density at radius 3 is 2.62 bits per heavy atom. The zero-order chi connectivity index (χ0) is 12.1. The van der Waals surface area contributed by atoms with E-state index in [0.29, 0.717) is 0 Å². The Balaban J connectivity index is 2.66. The van der Waals surface area contributed by atoms with Crippen molar-refractivity contribution in [2.45, 2.75) is 26.3 Å². The highest BCUT2D eigenvalue weighted by atomic mass is 16.2. The molecule has 1 atom stereocenters. The summed E-state index contributed by atoms with van der Waals surface area (Å²) in [7, 11) is 0. The predicted octanol–water partition coefficient (Wildman–Crippen LogP) is 0.156. The van der Waals surface area contributed by atoms with Gasteiger partial charge in [0.15, 0.2) is 11.5 Å². The maximum Gasteiger partial charge on any atom is 0.273 e. The normalized spacial score (nSPS) is 11.9. The Morgan fingerprint density at radius 2 is 2.06 bits per heavy atom. The Kier molecular flexibility index (Phi) is 3.93. The molecule has 0 saturated carbocycles. The van der Waals surface area contributed by atoms with Crippen molar-refractivity contribution in [3.63, 3.8) is 0 Å². The first-order chi connectivity index (χ1) is 7.50. The maximum absolute atomic E-state index is 11.7. The van der Waals surface area contributed by atoms with Crippen molar-refractivity contribution in [1.29, 1.82) is 0 Å². The molecule has 0 saturated heterocycles. The van der Waals surface area contributed by atoms with Crippen molar-refractivity contribution in [2.24, 2.45) is 0 Å². The molecule has 6 heteroatoms. The quantitative estimate of drug-likeness (QED) is 0.756. The summed E-state index contributed by atoms with van der Waals surface area (Å²) in [5.74, 6) is -0.325. The Bertz CT molecular complexity index is 406. The van der Waals surface area contributed by atoms with Crippen molar-refractivity contribution in [3.8, 4) is 0 Å². The molecule has 0 aromatic carbocycles. The van der Waals surface area contributed by atoms with Gasteiger partial charge in [-0.15, -0.1) is 0 Å². The predicted molar refractivity (Wildman–Crippen MR) is 58.7 cm³/mol. The molecule has 6 nitrogen and oxygen atoms in total. The van der Waals surface area contributed by atoms with Crippen LogP contribution in [-0.2, 0) is 4.79 Å². The first kappa shape index (κ1) is 12.1. The number of anilines is 1. The lowest BCUT2D eigenvalue weighted by Crippen LogP contribution is -2.34. The summed E-state index contributed by atoms with van der Waals surface area (Å²) in [6.07, 6.45) is 3.08. The molecule has 1 heterocycles. The van der Waals surface area contributed by atoms with Crippen LogP contribution in [0, 0.1) is 0 Å². The van der Waals surface area contributed by atoms with Gasteiger partial charge in [0.1, 0.15) is 5.78 Å². The third-order valence-electron chi connectivity index (χ3n) is 1.91. The van der Waals surface area contributed by atoms with Crippen LogP contribution in [0.1, 0.15) is 30.8 Å². The van der Waals surface area contributed by atoms with E-state index in [1.807, 2.05) is 0 Å². The highest BCUT2D eigenvalue weighted by Crippen LogP contribution is 2.03. The number of nitrogens with two attached hydrogens (primary N) is 1. The smallest absolute Gasteiger partial charge is 0.273 e. The lowest BCUT2D eigenvalue weighted by Gasteiger charge is -2.11. The minimum absolute atomic E-state index is 0.0138. The Morgan fingerprint density at radius 1 is 1.44 bits per heavy atom. The van der Waals surface area contributed by atoms with Crippen molar-refractivity contribution in [1.82, 2.24) is 15.3 Å². The summed E-state index contributed by atoms with van der Waals surface area (Å²) < 4.78 is 0. The van der Waals surface area contributed by atoms with E-state index in [0.717, 1.165) is 0 Å². The molecular weight excluding hydrogens is 208 g/mol. The number of carbonyl (C=O) groups is 2. The van der Waals surface area contributed by atoms with Gasteiger partial charge >= 0.3 is 0 Å². The number of hydrogen-bond donors (Lipinski definition) is 2. The zero-order valence-electron chi connectivity index (χ0n) is 9.23. The van der Waals surface area contributed by atoms with Crippen LogP contribution in [0.15, 0.2) is 12.4 Å². The molecule has 1 amide bonds. The number of nitrogen functional groups attached to an aromatic ring is 1. The van der Waals surface area contributed by atoms with Crippen LogP contribution in [0.3, 0.4) is 0 Å². The summed E-state index contributed by atoms with van der Waals surface area (Å²) in [6, 6.07) is -0.244. The average Bonchev–Trinajstić information content (AvgIpc) is 2.16. The van der Waals surface area contributed by atoms with Crippen LogP contribution < -0.4 is 11.1 Å². The number of hydrogen-bond acceptors (Lipinski definition) is 5. The van der Waals surface area contributed by atoms with E-state index in [9.17, 15) is 9.59 Å². The van der Waals surface area contributed by atoms with Gasteiger partial charge in [0.25, 0.3) is 5.91 Å². The standard InChI is InChI=1S/C10H14N4O2/c1-6(5-7(2)15)14-10(16)8-9(11)13-4-3-12-8/h3-4,6H,5H2,1-2H3,(H2,11,13)(H,14,16). The molecule has 0 spiro atoms. The van der Waals surface area contributed by atoms with E-state index in [2.05, 4.69) is 15.3 Å². The molecule has 0 fully saturated rings. The van der Waals surface area contributed by atoms with Gasteiger partial charge in [0.05, 0.1) is 0 Å². The fraction of sp³-hybridized carbons (Fsp3) is 0.400. The summed E-state index contributed by atoms with van der Waals surface area (Å²) in [6.45, 7) is 3.21. The van der Waals surface area contributed by atoms with Gasteiger partial charge in [0, 0.05) is 24.9 Å². The van der Waals surface area contributed by atoms with Crippen LogP contribution in [0.5, 0.6) is 0 Å². The van der Waals surface area contributed by atoms with Crippen molar-refractivity contribution in [2.75, 3.05) is 5.73 Å². The second kappa shape index (κ2) is 5.20. The second-order valence-corrected chi connectivity index (χ2v) is 3.57. The van der Waals surface area contributed by atoms with Crippen LogP contribution in [0.2, 0.25) is 0 Å². The third kappa shape index (κ3) is 3.30. The van der Waals surface area contributed by atoms with Gasteiger partial charge in [-0.1, -0.05) is 0 Å². The number of amides is 1. The van der Waals surface area contributed by atoms with E-state index >= 15 is 0 Å². The van der Waals surface area contributed by atoms with E-state index < -0.39 is 5.91 Å². The summed E-state index contributed by atoms with van der Waals surface area (Å²) in [4.78, 5) is 30.1. The molecule has 1 rings (SSSR count). The van der Waals surface area contributed by atoms with Crippen molar-refractivity contribution in [3.05, 3.63) is 18.1 Å². The number of aromatic nitrogens is 2. The molecule has 16 heavy (non-hydrogen) atoms. The van der Waals surface area contributed by atoms with Gasteiger partial charge in [-0.25, -0.2) is 9.97 Å². The highest BCUT2D eigenvalue weighted by molar-refractivity contribution is 5.96. The van der Waals surface area contributed by atoms with Gasteiger partial charge in [-0.05, 0) is 13.8 Å². The molecule has 0 aliphatic carbocycles. The summed E-state index contributed by atoms with van der Waals surface area (Å²) >= 11 is 0. The van der Waals surface area contributed by atoms with E-state index in [-0.39, 0.29) is 29.8 Å². The lowest BCUT2D eigenvalue weighted by molar-refractivity contribution is -0.117. The molecule has 0 aliphatic heterocycles. The molecule has 0 aliphatic rings. The van der Waals surface area contributed by atoms with Crippen LogP contribution in [0.4, 0.5) is 5.82 Å². The molecule has 3 N–H and O–H groups in total. The monoisotopic (exact) mass is 222 g/mol. The molecule has 1 aromatic heterocycles. The zero-order valence-corrected chi connectivity index (χ0v) is 9.23. The van der Waals surface area contributed by atoms with Gasteiger partial charge in [-0.3, -0.25) is 9.59 Å². The van der Waals surface area contributed by atoms with Crippen LogP contribution in [-0.4, -0.2) is 27.7 Å². The summed E-state index contributed by atoms with van der Waals surface area (Å²) in [5, 5.41) is 2.63. The minimum Gasteiger partial charge on any atom is -0.382 e. The largest absolute Gasteiger partial charge is 0.382 e.